The van der Waals surface area contributed by atoms with Gasteiger partial charge in [0.2, 0.25) is 5.91 Å². The average Bonchev–Trinajstić information content (AvgIpc) is 2.79. The Morgan fingerprint density at radius 2 is 1.91 bits per heavy atom. The van der Waals surface area contributed by atoms with Gasteiger partial charge in [0.15, 0.2) is 6.29 Å². The van der Waals surface area contributed by atoms with Gasteiger partial charge in [-0.1, -0.05) is 60.6 Å². The molecule has 0 spiro atoms. The summed E-state index contributed by atoms with van der Waals surface area (Å²) < 4.78 is 12.4. The lowest BCUT2D eigenvalue weighted by Crippen LogP contribution is -2.54. The molecule has 1 amide bonds. The molecular weight excluding hydrogens is 440 g/mol. The minimum absolute atomic E-state index is 0.0750. The van der Waals surface area contributed by atoms with Gasteiger partial charge in [-0.15, -0.1) is 0 Å². The smallest absolute Gasteiger partial charge is 0.243 e. The first-order valence-electron chi connectivity index (χ1n) is 13.0. The van der Waals surface area contributed by atoms with Gasteiger partial charge in [0.1, 0.15) is 0 Å². The fraction of sp³-hybridized carbons (Fsp3) is 0.621. The molecule has 2 aliphatic heterocycles. The number of carbonyl (C=O) groups is 1. The van der Waals surface area contributed by atoms with Crippen molar-refractivity contribution in [3.63, 3.8) is 0 Å². The molecule has 0 aromatic carbocycles. The lowest BCUT2D eigenvalue weighted by atomic mass is 9.99. The Labute approximate surface area is 212 Å². The van der Waals surface area contributed by atoms with E-state index < -0.39 is 12.4 Å². The summed E-state index contributed by atoms with van der Waals surface area (Å²) in [4.78, 5) is 12.1. The Bertz CT molecular complexity index is 787. The van der Waals surface area contributed by atoms with E-state index >= 15 is 0 Å². The van der Waals surface area contributed by atoms with Gasteiger partial charge >= 0.3 is 0 Å². The van der Waals surface area contributed by atoms with Gasteiger partial charge in [-0.05, 0) is 65.8 Å². The fourth-order valence-electron chi connectivity index (χ4n) is 4.47. The standard InChI is InChI=1S/C29H46N2O4/c1-21-12-8-6-9-13-23(3)20-31-27(33)15-11-7-10-14-25(17-16-22(2)18-21)35-28-19-26(32)29(30-5)24(4)34-28/h6-8,10-12,15-16,23-26,28-30,32H,9,13-14,17-20H2,1-5H3,(H,31,33)/b8-6+,10-7+,15-11+,21-12+,22-16+/t23-,24+,25+,26-,28+,29+/m0/s1. The number of allylic oxidation sites excluding steroid dienone is 7. The number of likely N-dealkylation sites (N-methyl/N-ethyl adjacent to an activating group) is 1. The minimum atomic E-state index is -0.515. The first-order chi connectivity index (χ1) is 16.8. The highest BCUT2D eigenvalue weighted by molar-refractivity contribution is 5.87. The summed E-state index contributed by atoms with van der Waals surface area (Å²) in [5, 5.41) is 16.6. The molecule has 2 rings (SSSR count). The van der Waals surface area contributed by atoms with Crippen molar-refractivity contribution in [3.05, 3.63) is 59.8 Å². The third-order valence-electron chi connectivity index (χ3n) is 6.55. The lowest BCUT2D eigenvalue weighted by Gasteiger charge is -2.39. The molecule has 0 saturated carbocycles. The van der Waals surface area contributed by atoms with Crippen molar-refractivity contribution in [1.82, 2.24) is 10.6 Å². The van der Waals surface area contributed by atoms with Crippen LogP contribution in [0.5, 0.6) is 0 Å². The van der Waals surface area contributed by atoms with Gasteiger partial charge in [-0.25, -0.2) is 0 Å². The Kier molecular flexibility index (Phi) is 13.3. The van der Waals surface area contributed by atoms with Crippen molar-refractivity contribution < 1.29 is 19.4 Å². The zero-order chi connectivity index (χ0) is 25.6. The number of hydrogen-bond acceptors (Lipinski definition) is 5. The van der Waals surface area contributed by atoms with Crippen LogP contribution >= 0.6 is 0 Å². The third kappa shape index (κ3) is 11.5. The van der Waals surface area contributed by atoms with Crippen LogP contribution in [0.25, 0.3) is 0 Å². The van der Waals surface area contributed by atoms with Gasteiger partial charge < -0.3 is 25.2 Å². The van der Waals surface area contributed by atoms with E-state index in [9.17, 15) is 9.90 Å². The van der Waals surface area contributed by atoms with E-state index in [2.05, 4.69) is 55.7 Å². The molecule has 2 heterocycles. The third-order valence-corrected chi connectivity index (χ3v) is 6.55. The Hall–Kier alpha value is -1.99. The highest BCUT2D eigenvalue weighted by Crippen LogP contribution is 2.24. The summed E-state index contributed by atoms with van der Waals surface area (Å²) in [7, 11) is 1.84. The van der Waals surface area contributed by atoms with E-state index in [4.69, 9.17) is 9.47 Å². The van der Waals surface area contributed by atoms with Gasteiger partial charge in [-0.3, -0.25) is 4.79 Å². The van der Waals surface area contributed by atoms with Crippen LogP contribution in [-0.4, -0.2) is 55.2 Å². The predicted octanol–water partition coefficient (Wildman–Crippen LogP) is 4.73. The molecule has 0 radical (unpaired) electrons. The number of hydrogen-bond donors (Lipinski definition) is 3. The van der Waals surface area contributed by atoms with Crippen molar-refractivity contribution in [3.8, 4) is 0 Å². The molecular formula is C29H46N2O4. The molecule has 0 aromatic rings. The van der Waals surface area contributed by atoms with Crippen LogP contribution in [0.3, 0.4) is 0 Å². The molecule has 1 saturated heterocycles. The summed E-state index contributed by atoms with van der Waals surface area (Å²) in [6.45, 7) is 9.11. The molecule has 35 heavy (non-hydrogen) atoms. The maximum absolute atomic E-state index is 12.1. The molecule has 0 aliphatic carbocycles. The van der Waals surface area contributed by atoms with Crippen LogP contribution in [0.1, 0.15) is 66.2 Å². The predicted molar refractivity (Wildman–Crippen MR) is 143 cm³/mol. The van der Waals surface area contributed by atoms with E-state index in [0.29, 0.717) is 25.3 Å². The van der Waals surface area contributed by atoms with E-state index in [1.54, 1.807) is 12.2 Å². The highest BCUT2D eigenvalue weighted by Gasteiger charge is 2.35. The molecule has 6 heteroatoms. The zero-order valence-electron chi connectivity index (χ0n) is 22.2. The van der Waals surface area contributed by atoms with E-state index in [1.807, 2.05) is 26.1 Å². The topological polar surface area (TPSA) is 79.8 Å². The van der Waals surface area contributed by atoms with Crippen LogP contribution in [0.4, 0.5) is 0 Å². The van der Waals surface area contributed by atoms with Crippen LogP contribution in [0.15, 0.2) is 59.8 Å². The molecule has 2 aliphatic rings. The number of carbonyl (C=O) groups excluding carboxylic acids is 1. The van der Waals surface area contributed by atoms with Crippen molar-refractivity contribution in [2.75, 3.05) is 13.6 Å². The normalized spacial score (nSPS) is 38.2. The zero-order valence-corrected chi connectivity index (χ0v) is 22.2. The summed E-state index contributed by atoms with van der Waals surface area (Å²) in [6, 6.07) is -0.0984. The number of aliphatic hydroxyl groups is 1. The molecule has 196 valence electrons. The number of aliphatic hydroxyl groups excluding tert-OH is 1. The molecule has 0 unspecified atom stereocenters. The van der Waals surface area contributed by atoms with Gasteiger partial charge in [0, 0.05) is 19.0 Å². The fourth-order valence-corrected chi connectivity index (χ4v) is 4.47. The lowest BCUT2D eigenvalue weighted by molar-refractivity contribution is -0.236. The van der Waals surface area contributed by atoms with E-state index in [0.717, 1.165) is 25.7 Å². The van der Waals surface area contributed by atoms with Crippen LogP contribution in [-0.2, 0) is 14.3 Å². The second-order valence-electron chi connectivity index (χ2n) is 10.0. The number of amides is 1. The first-order valence-corrected chi connectivity index (χ1v) is 13.0. The highest BCUT2D eigenvalue weighted by atomic mass is 16.7. The Morgan fingerprint density at radius 3 is 2.66 bits per heavy atom. The van der Waals surface area contributed by atoms with Gasteiger partial charge in [0.25, 0.3) is 0 Å². The van der Waals surface area contributed by atoms with E-state index in [-0.39, 0.29) is 24.2 Å². The van der Waals surface area contributed by atoms with Gasteiger partial charge in [-0.2, -0.15) is 0 Å². The SMILES string of the molecule is CN[C@H]1[C@@H](O)C[C@@H](O[C@@H]2C/C=C/C=C/C(=O)NC[C@@H](C)CC/C=C/C=C(\C)C/C(C)=C/C2)O[C@@H]1C. The summed E-state index contributed by atoms with van der Waals surface area (Å²) in [5.41, 5.74) is 2.62. The monoisotopic (exact) mass is 486 g/mol. The van der Waals surface area contributed by atoms with Crippen LogP contribution < -0.4 is 10.6 Å². The van der Waals surface area contributed by atoms with Crippen LogP contribution in [0, 0.1) is 5.92 Å². The Morgan fingerprint density at radius 1 is 1.11 bits per heavy atom. The number of nitrogens with one attached hydrogen (secondary N) is 2. The molecule has 6 nitrogen and oxygen atoms in total. The maximum atomic E-state index is 12.1. The van der Waals surface area contributed by atoms with Gasteiger partial charge in [0.05, 0.1) is 24.4 Å². The number of rotatable bonds is 3. The van der Waals surface area contributed by atoms with Crippen LogP contribution in [0.2, 0.25) is 0 Å². The molecule has 0 bridgehead atoms. The first kappa shape index (κ1) is 29.2. The van der Waals surface area contributed by atoms with Crippen molar-refractivity contribution >= 4 is 5.91 Å². The second kappa shape index (κ2) is 15.9. The molecule has 1 fully saturated rings. The largest absolute Gasteiger partial charge is 0.391 e. The minimum Gasteiger partial charge on any atom is -0.391 e. The molecule has 0 aromatic heterocycles. The van der Waals surface area contributed by atoms with E-state index in [1.165, 1.54) is 11.1 Å². The average molecular weight is 487 g/mol. The number of ether oxygens (including phenoxy) is 2. The molecule has 3 N–H and O–H groups in total. The summed E-state index contributed by atoms with van der Waals surface area (Å²) >= 11 is 0. The van der Waals surface area contributed by atoms with Crippen molar-refractivity contribution in [2.45, 2.75) is 96.9 Å². The van der Waals surface area contributed by atoms with Crippen molar-refractivity contribution in [2.24, 2.45) is 5.92 Å². The quantitative estimate of drug-likeness (QED) is 0.503. The molecule has 6 atom stereocenters. The Balaban J connectivity index is 2.10. The maximum Gasteiger partial charge on any atom is 0.243 e. The second-order valence-corrected chi connectivity index (χ2v) is 10.0. The van der Waals surface area contributed by atoms with Crippen molar-refractivity contribution in [1.29, 1.82) is 0 Å². The summed E-state index contributed by atoms with van der Waals surface area (Å²) in [5.74, 6) is 0.354. The summed E-state index contributed by atoms with van der Waals surface area (Å²) in [6.07, 6.45) is 19.7.